The molecule has 1 amide bonds. The molecule has 0 aliphatic heterocycles. The van der Waals surface area contributed by atoms with Crippen molar-refractivity contribution in [3.8, 4) is 5.75 Å². The quantitative estimate of drug-likeness (QED) is 0.640. The van der Waals surface area contributed by atoms with Crippen molar-refractivity contribution in [1.29, 1.82) is 0 Å². The Morgan fingerprint density at radius 1 is 1.04 bits per heavy atom. The molecule has 0 saturated heterocycles. The van der Waals surface area contributed by atoms with E-state index in [4.69, 9.17) is 16.3 Å². The number of anilines is 1. The fourth-order valence-electron chi connectivity index (χ4n) is 2.47. The average molecular weight is 370 g/mol. The van der Waals surface area contributed by atoms with Gasteiger partial charge in [-0.25, -0.2) is 4.39 Å². The number of hydrogen-bond acceptors (Lipinski definition) is 2. The van der Waals surface area contributed by atoms with Crippen molar-refractivity contribution < 1.29 is 13.9 Å². The molecule has 0 aliphatic rings. The SMILES string of the molecule is Cc1cc(O[C@@H](C(=O)Nc2ccc(F)cc2)c2ccccc2)ccc1Cl. The van der Waals surface area contributed by atoms with Crippen LogP contribution in [-0.2, 0) is 4.79 Å². The Kier molecular flexibility index (Phi) is 5.54. The van der Waals surface area contributed by atoms with Crippen LogP contribution in [0.4, 0.5) is 10.1 Å². The highest BCUT2D eigenvalue weighted by Crippen LogP contribution is 2.27. The highest BCUT2D eigenvalue weighted by molar-refractivity contribution is 6.31. The number of nitrogens with one attached hydrogen (secondary N) is 1. The lowest BCUT2D eigenvalue weighted by Crippen LogP contribution is -2.25. The summed E-state index contributed by atoms with van der Waals surface area (Å²) in [6.45, 7) is 1.87. The maximum atomic E-state index is 13.1. The minimum Gasteiger partial charge on any atom is -0.476 e. The molecular formula is C21H17ClFNO2. The van der Waals surface area contributed by atoms with E-state index in [1.54, 1.807) is 18.2 Å². The minimum absolute atomic E-state index is 0.351. The van der Waals surface area contributed by atoms with Crippen molar-refractivity contribution >= 4 is 23.2 Å². The van der Waals surface area contributed by atoms with Crippen LogP contribution in [0.3, 0.4) is 0 Å². The Morgan fingerprint density at radius 2 is 1.73 bits per heavy atom. The van der Waals surface area contributed by atoms with Gasteiger partial charge in [-0.15, -0.1) is 0 Å². The molecule has 132 valence electrons. The van der Waals surface area contributed by atoms with Gasteiger partial charge in [-0.05, 0) is 55.0 Å². The summed E-state index contributed by atoms with van der Waals surface area (Å²) in [6.07, 6.45) is -0.859. The van der Waals surface area contributed by atoms with Crippen LogP contribution in [0.2, 0.25) is 5.02 Å². The predicted octanol–water partition coefficient (Wildman–Crippen LogP) is 5.55. The zero-order valence-electron chi connectivity index (χ0n) is 14.1. The first-order valence-corrected chi connectivity index (χ1v) is 8.45. The molecule has 0 heterocycles. The van der Waals surface area contributed by atoms with Gasteiger partial charge >= 0.3 is 0 Å². The first kappa shape index (κ1) is 18.0. The van der Waals surface area contributed by atoms with Crippen molar-refractivity contribution in [3.63, 3.8) is 0 Å². The van der Waals surface area contributed by atoms with Crippen molar-refractivity contribution in [1.82, 2.24) is 0 Å². The van der Waals surface area contributed by atoms with Gasteiger partial charge < -0.3 is 10.1 Å². The van der Waals surface area contributed by atoms with Crippen molar-refractivity contribution in [2.45, 2.75) is 13.0 Å². The lowest BCUT2D eigenvalue weighted by atomic mass is 10.1. The molecule has 3 aromatic rings. The Balaban J connectivity index is 1.86. The first-order valence-electron chi connectivity index (χ1n) is 8.07. The van der Waals surface area contributed by atoms with E-state index in [2.05, 4.69) is 5.32 Å². The second kappa shape index (κ2) is 8.02. The number of aryl methyl sites for hydroxylation is 1. The van der Waals surface area contributed by atoms with Crippen LogP contribution in [0.15, 0.2) is 72.8 Å². The molecule has 0 spiro atoms. The Morgan fingerprint density at radius 3 is 2.38 bits per heavy atom. The van der Waals surface area contributed by atoms with Crippen LogP contribution in [0.5, 0.6) is 5.75 Å². The molecule has 3 rings (SSSR count). The van der Waals surface area contributed by atoms with Gasteiger partial charge in [0.15, 0.2) is 0 Å². The molecule has 26 heavy (non-hydrogen) atoms. The molecule has 0 saturated carbocycles. The van der Waals surface area contributed by atoms with Gasteiger partial charge in [-0.2, -0.15) is 0 Å². The predicted molar refractivity (Wildman–Crippen MR) is 101 cm³/mol. The van der Waals surface area contributed by atoms with Gasteiger partial charge in [0.05, 0.1) is 0 Å². The van der Waals surface area contributed by atoms with E-state index in [1.807, 2.05) is 37.3 Å². The van der Waals surface area contributed by atoms with E-state index in [0.717, 1.165) is 5.56 Å². The Bertz CT molecular complexity index is 898. The van der Waals surface area contributed by atoms with E-state index in [0.29, 0.717) is 22.0 Å². The number of rotatable bonds is 5. The molecule has 0 fully saturated rings. The third kappa shape index (κ3) is 4.41. The second-order valence-electron chi connectivity index (χ2n) is 5.82. The molecular weight excluding hydrogens is 353 g/mol. The van der Waals surface area contributed by atoms with E-state index >= 15 is 0 Å². The number of carbonyl (C=O) groups is 1. The topological polar surface area (TPSA) is 38.3 Å². The van der Waals surface area contributed by atoms with Crippen LogP contribution in [0, 0.1) is 12.7 Å². The van der Waals surface area contributed by atoms with Gasteiger partial charge in [0, 0.05) is 16.3 Å². The zero-order chi connectivity index (χ0) is 18.5. The van der Waals surface area contributed by atoms with Crippen molar-refractivity contribution in [2.75, 3.05) is 5.32 Å². The molecule has 0 aliphatic carbocycles. The van der Waals surface area contributed by atoms with Crippen LogP contribution in [0.1, 0.15) is 17.2 Å². The number of halogens is 2. The molecule has 1 atom stereocenters. The van der Waals surface area contributed by atoms with Gasteiger partial charge in [0.25, 0.3) is 5.91 Å². The van der Waals surface area contributed by atoms with Crippen LogP contribution in [-0.4, -0.2) is 5.91 Å². The fraction of sp³-hybridized carbons (Fsp3) is 0.0952. The second-order valence-corrected chi connectivity index (χ2v) is 6.22. The molecule has 0 aromatic heterocycles. The number of hydrogen-bond donors (Lipinski definition) is 1. The first-order chi connectivity index (χ1) is 12.5. The smallest absolute Gasteiger partial charge is 0.270 e. The molecule has 0 unspecified atom stereocenters. The largest absolute Gasteiger partial charge is 0.476 e. The summed E-state index contributed by atoms with van der Waals surface area (Å²) in [5.41, 5.74) is 2.06. The summed E-state index contributed by atoms with van der Waals surface area (Å²) in [7, 11) is 0. The third-order valence-corrected chi connectivity index (χ3v) is 4.26. The lowest BCUT2D eigenvalue weighted by molar-refractivity contribution is -0.123. The monoisotopic (exact) mass is 369 g/mol. The molecule has 0 radical (unpaired) electrons. The maximum absolute atomic E-state index is 13.1. The number of carbonyl (C=O) groups excluding carboxylic acids is 1. The summed E-state index contributed by atoms with van der Waals surface area (Å²) < 4.78 is 19.0. The van der Waals surface area contributed by atoms with E-state index in [9.17, 15) is 9.18 Å². The van der Waals surface area contributed by atoms with E-state index in [-0.39, 0.29) is 11.7 Å². The maximum Gasteiger partial charge on any atom is 0.270 e. The molecule has 5 heteroatoms. The summed E-state index contributed by atoms with van der Waals surface area (Å²) in [6, 6.07) is 20.0. The lowest BCUT2D eigenvalue weighted by Gasteiger charge is -2.19. The van der Waals surface area contributed by atoms with Gasteiger partial charge in [-0.3, -0.25) is 4.79 Å². The van der Waals surface area contributed by atoms with Crippen LogP contribution >= 0.6 is 11.6 Å². The summed E-state index contributed by atoms with van der Waals surface area (Å²) in [4.78, 5) is 12.8. The van der Waals surface area contributed by atoms with Crippen molar-refractivity contribution in [3.05, 3.63) is 94.8 Å². The molecule has 1 N–H and O–H groups in total. The van der Waals surface area contributed by atoms with Crippen LogP contribution in [0.25, 0.3) is 0 Å². The van der Waals surface area contributed by atoms with Crippen molar-refractivity contribution in [2.24, 2.45) is 0 Å². The summed E-state index contributed by atoms with van der Waals surface area (Å²) in [5, 5.41) is 3.39. The molecule has 0 bridgehead atoms. The fourth-order valence-corrected chi connectivity index (χ4v) is 2.59. The van der Waals surface area contributed by atoms with Gasteiger partial charge in [-0.1, -0.05) is 41.9 Å². The average Bonchev–Trinajstić information content (AvgIpc) is 2.65. The van der Waals surface area contributed by atoms with Gasteiger partial charge in [0.2, 0.25) is 6.10 Å². The van der Waals surface area contributed by atoms with Crippen LogP contribution < -0.4 is 10.1 Å². The summed E-state index contributed by atoms with van der Waals surface area (Å²) >= 11 is 6.05. The van der Waals surface area contributed by atoms with E-state index in [1.165, 1.54) is 24.3 Å². The Hall–Kier alpha value is -2.85. The van der Waals surface area contributed by atoms with Gasteiger partial charge in [0.1, 0.15) is 11.6 Å². The zero-order valence-corrected chi connectivity index (χ0v) is 14.8. The normalized spacial score (nSPS) is 11.7. The van der Waals surface area contributed by atoms with E-state index < -0.39 is 6.10 Å². The Labute approximate surface area is 156 Å². The third-order valence-electron chi connectivity index (χ3n) is 3.84. The minimum atomic E-state index is -0.859. The molecule has 3 aromatic carbocycles. The highest BCUT2D eigenvalue weighted by Gasteiger charge is 2.23. The highest BCUT2D eigenvalue weighted by atomic mass is 35.5. The number of amides is 1. The molecule has 3 nitrogen and oxygen atoms in total. The number of benzene rings is 3. The standard InChI is InChI=1S/C21H17ClFNO2/c1-14-13-18(11-12-19(14)22)26-20(15-5-3-2-4-6-15)21(25)24-17-9-7-16(23)8-10-17/h2-13,20H,1H3,(H,24,25)/t20-/m1/s1. The summed E-state index contributed by atoms with van der Waals surface area (Å²) in [5.74, 6) is -0.180. The number of ether oxygens (including phenoxy) is 1.